The summed E-state index contributed by atoms with van der Waals surface area (Å²) in [6.07, 6.45) is -5.11. The number of amides is 1. The summed E-state index contributed by atoms with van der Waals surface area (Å²) in [6.45, 7) is 4.00. The van der Waals surface area contributed by atoms with Crippen LogP contribution >= 0.6 is 0 Å². The largest absolute Gasteiger partial charge is 0.431 e. The van der Waals surface area contributed by atoms with Crippen molar-refractivity contribution >= 4 is 11.6 Å². The molecule has 13 heavy (non-hydrogen) atoms. The van der Waals surface area contributed by atoms with E-state index in [1.807, 2.05) is 13.8 Å². The molecule has 0 saturated carbocycles. The second kappa shape index (κ2) is 4.25. The third-order valence-corrected chi connectivity index (χ3v) is 1.28. The molecule has 0 radical (unpaired) electrons. The summed E-state index contributed by atoms with van der Waals surface area (Å²) in [5.41, 5.74) is -1.02. The fourth-order valence-electron chi connectivity index (χ4n) is 0.687. The third kappa shape index (κ3) is 3.04. The van der Waals surface area contributed by atoms with Crippen LogP contribution in [0.15, 0.2) is 5.10 Å². The molecule has 1 heterocycles. The van der Waals surface area contributed by atoms with Gasteiger partial charge in [-0.25, -0.2) is 5.01 Å². The van der Waals surface area contributed by atoms with Crippen LogP contribution in [0.4, 0.5) is 13.2 Å². The number of rotatable bonds is 0. The Hall–Kier alpha value is -1.07. The van der Waals surface area contributed by atoms with Crippen molar-refractivity contribution in [3.05, 3.63) is 0 Å². The molecule has 1 aliphatic rings. The van der Waals surface area contributed by atoms with Crippen LogP contribution in [-0.2, 0) is 4.79 Å². The maximum absolute atomic E-state index is 11.8. The summed E-state index contributed by atoms with van der Waals surface area (Å²) in [5, 5.41) is 3.71. The zero-order valence-corrected chi connectivity index (χ0v) is 7.64. The molecule has 1 rings (SSSR count). The van der Waals surface area contributed by atoms with Gasteiger partial charge >= 0.3 is 6.18 Å². The average Bonchev–Trinajstić information content (AvgIpc) is 2.35. The molecule has 0 atom stereocenters. The first-order valence-corrected chi connectivity index (χ1v) is 3.82. The zero-order valence-electron chi connectivity index (χ0n) is 7.64. The molecule has 76 valence electrons. The van der Waals surface area contributed by atoms with Crippen molar-refractivity contribution in [3.63, 3.8) is 0 Å². The first-order chi connectivity index (χ1) is 5.91. The van der Waals surface area contributed by atoms with Crippen molar-refractivity contribution in [1.82, 2.24) is 5.01 Å². The van der Waals surface area contributed by atoms with Crippen LogP contribution in [0.2, 0.25) is 0 Å². The van der Waals surface area contributed by atoms with Crippen LogP contribution < -0.4 is 0 Å². The van der Waals surface area contributed by atoms with E-state index in [1.54, 1.807) is 0 Å². The van der Waals surface area contributed by atoms with Gasteiger partial charge in [-0.15, -0.1) is 0 Å². The molecular formula is C7H11F3N2O. The minimum Gasteiger partial charge on any atom is -0.273 e. The smallest absolute Gasteiger partial charge is 0.273 e. The number of carbonyl (C=O) groups is 1. The maximum Gasteiger partial charge on any atom is 0.431 e. The Balaban J connectivity index is 0.000000671. The topological polar surface area (TPSA) is 32.7 Å². The second-order valence-electron chi connectivity index (χ2n) is 2.14. The molecule has 0 aromatic heterocycles. The van der Waals surface area contributed by atoms with E-state index in [0.717, 1.165) is 0 Å². The second-order valence-corrected chi connectivity index (χ2v) is 2.14. The van der Waals surface area contributed by atoms with E-state index < -0.39 is 24.2 Å². The van der Waals surface area contributed by atoms with E-state index in [0.29, 0.717) is 5.01 Å². The van der Waals surface area contributed by atoms with Gasteiger partial charge in [-0.1, -0.05) is 13.8 Å². The van der Waals surface area contributed by atoms with Crippen molar-refractivity contribution in [2.24, 2.45) is 5.10 Å². The van der Waals surface area contributed by atoms with Crippen LogP contribution in [0.25, 0.3) is 0 Å². The molecule has 0 aromatic rings. The fraction of sp³-hybridized carbons (Fsp3) is 0.714. The molecule has 0 fully saturated rings. The molecule has 0 saturated heterocycles. The van der Waals surface area contributed by atoms with Crippen LogP contribution in [0.3, 0.4) is 0 Å². The van der Waals surface area contributed by atoms with Gasteiger partial charge in [0.05, 0.1) is 6.42 Å². The molecule has 0 unspecified atom stereocenters. The predicted octanol–water partition coefficient (Wildman–Crippen LogP) is 1.79. The molecule has 0 aliphatic carbocycles. The summed E-state index contributed by atoms with van der Waals surface area (Å²) >= 11 is 0. The van der Waals surface area contributed by atoms with Gasteiger partial charge in [-0.2, -0.15) is 18.3 Å². The Kier molecular flexibility index (Phi) is 3.90. The molecule has 0 aromatic carbocycles. The summed E-state index contributed by atoms with van der Waals surface area (Å²) in [4.78, 5) is 10.5. The molecule has 1 aliphatic heterocycles. The zero-order chi connectivity index (χ0) is 10.6. The van der Waals surface area contributed by atoms with E-state index in [4.69, 9.17) is 0 Å². The number of halogens is 3. The lowest BCUT2D eigenvalue weighted by Crippen LogP contribution is -2.21. The number of carbonyl (C=O) groups excluding carboxylic acids is 1. The number of nitrogens with zero attached hydrogens (tertiary/aromatic N) is 2. The first kappa shape index (κ1) is 11.9. The Bertz CT molecular complexity index is 222. The van der Waals surface area contributed by atoms with Gasteiger partial charge in [0.1, 0.15) is 0 Å². The Morgan fingerprint density at radius 3 is 2.00 bits per heavy atom. The minimum absolute atomic E-state index is 0.627. The van der Waals surface area contributed by atoms with Gasteiger partial charge in [-0.05, 0) is 0 Å². The van der Waals surface area contributed by atoms with Crippen molar-refractivity contribution < 1.29 is 18.0 Å². The first-order valence-electron chi connectivity index (χ1n) is 3.82. The quantitative estimate of drug-likeness (QED) is 0.581. The van der Waals surface area contributed by atoms with E-state index in [1.165, 1.54) is 7.05 Å². The van der Waals surface area contributed by atoms with Gasteiger partial charge in [0, 0.05) is 7.05 Å². The Morgan fingerprint density at radius 1 is 1.38 bits per heavy atom. The lowest BCUT2D eigenvalue weighted by Gasteiger charge is -2.01. The van der Waals surface area contributed by atoms with Crippen LogP contribution in [-0.4, -0.2) is 29.9 Å². The van der Waals surface area contributed by atoms with Crippen molar-refractivity contribution in [2.45, 2.75) is 26.4 Å². The van der Waals surface area contributed by atoms with E-state index in [-0.39, 0.29) is 0 Å². The molecular weight excluding hydrogens is 185 g/mol. The lowest BCUT2D eigenvalue weighted by molar-refractivity contribution is -0.127. The van der Waals surface area contributed by atoms with Crippen LogP contribution in [0, 0.1) is 0 Å². The summed E-state index contributed by atoms with van der Waals surface area (Å²) in [5.74, 6) is -0.627. The van der Waals surface area contributed by atoms with Gasteiger partial charge in [-0.3, -0.25) is 4.79 Å². The minimum atomic E-state index is -4.47. The highest BCUT2D eigenvalue weighted by atomic mass is 19.4. The monoisotopic (exact) mass is 196 g/mol. The third-order valence-electron chi connectivity index (χ3n) is 1.28. The van der Waals surface area contributed by atoms with Crippen molar-refractivity contribution in [2.75, 3.05) is 7.05 Å². The van der Waals surface area contributed by atoms with E-state index in [9.17, 15) is 18.0 Å². The maximum atomic E-state index is 11.8. The van der Waals surface area contributed by atoms with E-state index in [2.05, 4.69) is 5.10 Å². The Morgan fingerprint density at radius 2 is 1.85 bits per heavy atom. The van der Waals surface area contributed by atoms with Gasteiger partial charge in [0.25, 0.3) is 0 Å². The van der Waals surface area contributed by atoms with Crippen LogP contribution in [0.5, 0.6) is 0 Å². The van der Waals surface area contributed by atoms with Gasteiger partial charge in [0.2, 0.25) is 5.91 Å². The normalized spacial score (nSPS) is 16.6. The molecule has 1 amide bonds. The molecule has 6 heteroatoms. The van der Waals surface area contributed by atoms with Crippen LogP contribution in [0.1, 0.15) is 20.3 Å². The van der Waals surface area contributed by atoms with Gasteiger partial charge < -0.3 is 0 Å². The number of alkyl halides is 3. The molecule has 3 nitrogen and oxygen atoms in total. The predicted molar refractivity (Wildman–Crippen MR) is 42.2 cm³/mol. The lowest BCUT2D eigenvalue weighted by atomic mass is 10.3. The summed E-state index contributed by atoms with van der Waals surface area (Å²) in [7, 11) is 1.20. The highest BCUT2D eigenvalue weighted by molar-refractivity contribution is 6.07. The molecule has 0 spiro atoms. The Labute approximate surface area is 74.2 Å². The average molecular weight is 196 g/mol. The summed E-state index contributed by atoms with van der Waals surface area (Å²) in [6, 6.07) is 0. The number of hydrogen-bond acceptors (Lipinski definition) is 2. The number of hydrogen-bond donors (Lipinski definition) is 0. The van der Waals surface area contributed by atoms with E-state index >= 15 is 0 Å². The van der Waals surface area contributed by atoms with Crippen molar-refractivity contribution in [3.8, 4) is 0 Å². The SMILES string of the molecule is CC.CN1N=C(C(F)(F)F)CC1=O. The number of hydrazone groups is 1. The molecule has 0 bridgehead atoms. The van der Waals surface area contributed by atoms with Crippen molar-refractivity contribution in [1.29, 1.82) is 0 Å². The fourth-order valence-corrected chi connectivity index (χ4v) is 0.687. The summed E-state index contributed by atoms with van der Waals surface area (Å²) < 4.78 is 35.4. The highest BCUT2D eigenvalue weighted by Crippen LogP contribution is 2.23. The standard InChI is InChI=1S/C5H5F3N2O.C2H6/c1-10-4(11)2-3(9-10)5(6,7)8;1-2/h2H2,1H3;1-2H3. The molecule has 0 N–H and O–H groups in total. The highest BCUT2D eigenvalue weighted by Gasteiger charge is 2.41. The van der Waals surface area contributed by atoms with Gasteiger partial charge in [0.15, 0.2) is 5.71 Å².